The molecule has 1 saturated heterocycles. The monoisotopic (exact) mass is 315 g/mol. The lowest BCUT2D eigenvalue weighted by molar-refractivity contribution is -0.116. The van der Waals surface area contributed by atoms with Gasteiger partial charge < -0.3 is 4.90 Å². The highest BCUT2D eigenvalue weighted by Crippen LogP contribution is 2.30. The number of amides is 1. The summed E-state index contributed by atoms with van der Waals surface area (Å²) >= 11 is 5.71. The third-order valence-electron chi connectivity index (χ3n) is 3.64. The first kappa shape index (κ1) is 15.3. The summed E-state index contributed by atoms with van der Waals surface area (Å²) in [6.45, 7) is 3.83. The van der Waals surface area contributed by atoms with E-state index < -0.39 is 9.84 Å². The molecule has 1 heterocycles. The fraction of sp³-hybridized carbons (Fsp3) is 0.500. The van der Waals surface area contributed by atoms with E-state index in [0.29, 0.717) is 6.42 Å². The number of anilines is 1. The molecular formula is C14H18ClNO3S. The van der Waals surface area contributed by atoms with E-state index >= 15 is 0 Å². The maximum Gasteiger partial charge on any atom is 0.242 e. The van der Waals surface area contributed by atoms with Gasteiger partial charge in [-0.2, -0.15) is 0 Å². The van der Waals surface area contributed by atoms with Crippen LogP contribution < -0.4 is 4.90 Å². The van der Waals surface area contributed by atoms with Crippen LogP contribution in [-0.2, 0) is 14.6 Å². The van der Waals surface area contributed by atoms with Crippen molar-refractivity contribution in [2.24, 2.45) is 0 Å². The number of halogens is 1. The maximum atomic E-state index is 12.2. The number of sulfone groups is 1. The smallest absolute Gasteiger partial charge is 0.242 e. The van der Waals surface area contributed by atoms with Gasteiger partial charge in [0.25, 0.3) is 0 Å². The molecule has 1 aliphatic rings. The van der Waals surface area contributed by atoms with Crippen LogP contribution in [0.15, 0.2) is 18.2 Å². The third-order valence-corrected chi connectivity index (χ3v) is 5.62. The first-order valence-electron chi connectivity index (χ1n) is 6.50. The number of hydrogen-bond donors (Lipinski definition) is 0. The largest absolute Gasteiger partial charge is 0.307 e. The predicted molar refractivity (Wildman–Crippen MR) is 81.2 cm³/mol. The normalized spacial score (nSPS) is 20.9. The third kappa shape index (κ3) is 2.99. The molecule has 1 amide bonds. The zero-order valence-corrected chi connectivity index (χ0v) is 13.2. The molecule has 0 aromatic heterocycles. The van der Waals surface area contributed by atoms with Crippen molar-refractivity contribution >= 4 is 33.0 Å². The minimum atomic E-state index is -3.05. The molecule has 0 N–H and O–H groups in total. The Morgan fingerprint density at radius 2 is 1.95 bits per heavy atom. The van der Waals surface area contributed by atoms with Gasteiger partial charge in [-0.3, -0.25) is 4.79 Å². The van der Waals surface area contributed by atoms with Crippen LogP contribution in [-0.4, -0.2) is 37.8 Å². The number of carbonyl (C=O) groups is 1. The van der Waals surface area contributed by atoms with Crippen molar-refractivity contribution in [3.8, 4) is 0 Å². The van der Waals surface area contributed by atoms with Gasteiger partial charge in [0.1, 0.15) is 5.88 Å². The van der Waals surface area contributed by atoms with Gasteiger partial charge >= 0.3 is 0 Å². The SMILES string of the molecule is Cc1cccc(C)c1N(C(=O)CCl)[C@H]1CCS(=O)(=O)C1. The van der Waals surface area contributed by atoms with Crippen molar-refractivity contribution in [3.63, 3.8) is 0 Å². The second-order valence-corrected chi connectivity index (χ2v) is 7.69. The summed E-state index contributed by atoms with van der Waals surface area (Å²) in [6, 6.07) is 5.44. The van der Waals surface area contributed by atoms with Crippen molar-refractivity contribution in [3.05, 3.63) is 29.3 Å². The summed E-state index contributed by atoms with van der Waals surface area (Å²) in [5.74, 6) is -0.242. The lowest BCUT2D eigenvalue weighted by atomic mass is 10.1. The van der Waals surface area contributed by atoms with Crippen molar-refractivity contribution < 1.29 is 13.2 Å². The van der Waals surface area contributed by atoms with Gasteiger partial charge in [-0.1, -0.05) is 18.2 Å². The summed E-state index contributed by atoms with van der Waals surface area (Å²) < 4.78 is 23.4. The van der Waals surface area contributed by atoms with E-state index in [0.717, 1.165) is 16.8 Å². The van der Waals surface area contributed by atoms with Crippen molar-refractivity contribution in [2.45, 2.75) is 26.3 Å². The highest BCUT2D eigenvalue weighted by Gasteiger charge is 2.36. The predicted octanol–water partition coefficient (Wildman–Crippen LogP) is 2.06. The van der Waals surface area contributed by atoms with E-state index in [1.165, 1.54) is 0 Å². The number of nitrogens with zero attached hydrogens (tertiary/aromatic N) is 1. The highest BCUT2D eigenvalue weighted by atomic mass is 35.5. The molecule has 1 atom stereocenters. The molecule has 110 valence electrons. The number of alkyl halides is 1. The van der Waals surface area contributed by atoms with Gasteiger partial charge in [0.15, 0.2) is 9.84 Å². The van der Waals surface area contributed by atoms with Crippen LogP contribution in [0.2, 0.25) is 0 Å². The molecule has 0 unspecified atom stereocenters. The van der Waals surface area contributed by atoms with Gasteiger partial charge in [-0.05, 0) is 31.4 Å². The number of para-hydroxylation sites is 1. The van der Waals surface area contributed by atoms with Crippen LogP contribution in [0.3, 0.4) is 0 Å². The zero-order valence-electron chi connectivity index (χ0n) is 11.6. The standard InChI is InChI=1S/C14H18ClNO3S/c1-10-4-3-5-11(2)14(10)16(13(17)8-15)12-6-7-20(18,19)9-12/h3-5,12H,6-9H2,1-2H3/t12-/m0/s1. The molecule has 1 aromatic carbocycles. The topological polar surface area (TPSA) is 54.5 Å². The number of carbonyl (C=O) groups excluding carboxylic acids is 1. The molecule has 0 bridgehead atoms. The first-order chi connectivity index (χ1) is 9.35. The minimum Gasteiger partial charge on any atom is -0.307 e. The van der Waals surface area contributed by atoms with Crippen molar-refractivity contribution in [1.29, 1.82) is 0 Å². The van der Waals surface area contributed by atoms with E-state index in [-0.39, 0.29) is 29.3 Å². The molecule has 6 heteroatoms. The molecular weight excluding hydrogens is 298 g/mol. The lowest BCUT2D eigenvalue weighted by Crippen LogP contribution is -2.43. The Hall–Kier alpha value is -1.07. The molecule has 0 saturated carbocycles. The molecule has 2 rings (SSSR count). The van der Waals surface area contributed by atoms with Crippen LogP contribution in [0.1, 0.15) is 17.5 Å². The lowest BCUT2D eigenvalue weighted by Gasteiger charge is -2.30. The fourth-order valence-electron chi connectivity index (χ4n) is 2.74. The Morgan fingerprint density at radius 1 is 1.35 bits per heavy atom. The summed E-state index contributed by atoms with van der Waals surface area (Å²) in [4.78, 5) is 13.8. The number of aryl methyl sites for hydroxylation is 2. The summed E-state index contributed by atoms with van der Waals surface area (Å²) in [5, 5.41) is 0. The van der Waals surface area contributed by atoms with E-state index in [9.17, 15) is 13.2 Å². The maximum absolute atomic E-state index is 12.2. The Bertz CT molecular complexity index is 607. The van der Waals surface area contributed by atoms with E-state index in [2.05, 4.69) is 0 Å². The number of benzene rings is 1. The van der Waals surface area contributed by atoms with E-state index in [1.54, 1.807) is 4.90 Å². The van der Waals surface area contributed by atoms with Crippen LogP contribution in [0, 0.1) is 13.8 Å². The summed E-state index contributed by atoms with van der Waals surface area (Å²) in [7, 11) is -3.05. The number of hydrogen-bond acceptors (Lipinski definition) is 3. The first-order valence-corrected chi connectivity index (χ1v) is 8.86. The van der Waals surface area contributed by atoms with Gasteiger partial charge in [0, 0.05) is 5.69 Å². The quantitative estimate of drug-likeness (QED) is 0.802. The Labute approximate surface area is 124 Å². The zero-order chi connectivity index (χ0) is 14.9. The van der Waals surface area contributed by atoms with Gasteiger partial charge in [-0.15, -0.1) is 11.6 Å². The van der Waals surface area contributed by atoms with Crippen LogP contribution in [0.4, 0.5) is 5.69 Å². The highest BCUT2D eigenvalue weighted by molar-refractivity contribution is 7.91. The number of rotatable bonds is 3. The molecule has 4 nitrogen and oxygen atoms in total. The molecule has 1 aromatic rings. The van der Waals surface area contributed by atoms with Crippen LogP contribution >= 0.6 is 11.6 Å². The summed E-state index contributed by atoms with van der Waals surface area (Å²) in [5.41, 5.74) is 2.70. The Morgan fingerprint density at radius 3 is 2.40 bits per heavy atom. The molecule has 0 spiro atoms. The molecule has 20 heavy (non-hydrogen) atoms. The van der Waals surface area contributed by atoms with Crippen molar-refractivity contribution in [1.82, 2.24) is 0 Å². The van der Waals surface area contributed by atoms with Crippen molar-refractivity contribution in [2.75, 3.05) is 22.3 Å². The summed E-state index contributed by atoms with van der Waals surface area (Å²) in [6.07, 6.45) is 0.471. The van der Waals surface area contributed by atoms with E-state index in [1.807, 2.05) is 32.0 Å². The molecule has 1 fully saturated rings. The second kappa shape index (κ2) is 5.74. The fourth-order valence-corrected chi connectivity index (χ4v) is 4.57. The van der Waals surface area contributed by atoms with Gasteiger partial charge in [0.2, 0.25) is 5.91 Å². The van der Waals surface area contributed by atoms with Gasteiger partial charge in [0.05, 0.1) is 17.5 Å². The second-order valence-electron chi connectivity index (χ2n) is 5.19. The van der Waals surface area contributed by atoms with Crippen LogP contribution in [0.25, 0.3) is 0 Å². The molecule has 1 aliphatic heterocycles. The van der Waals surface area contributed by atoms with Gasteiger partial charge in [-0.25, -0.2) is 8.42 Å². The average Bonchev–Trinajstić information content (AvgIpc) is 2.73. The molecule has 0 aliphatic carbocycles. The minimum absolute atomic E-state index is 0.0173. The van der Waals surface area contributed by atoms with Crippen LogP contribution in [0.5, 0.6) is 0 Å². The molecule has 0 radical (unpaired) electrons. The van der Waals surface area contributed by atoms with E-state index in [4.69, 9.17) is 11.6 Å². The average molecular weight is 316 g/mol. The Balaban J connectivity index is 2.46. The Kier molecular flexibility index (Phi) is 4.39.